The maximum absolute atomic E-state index is 11.2. The highest BCUT2D eigenvalue weighted by Crippen LogP contribution is 2.38. The molecule has 0 amide bonds. The van der Waals surface area contributed by atoms with Gasteiger partial charge in [0.25, 0.3) is 0 Å². The molecule has 96 valence electrons. The lowest BCUT2D eigenvalue weighted by Crippen LogP contribution is -2.30. The van der Waals surface area contributed by atoms with E-state index in [4.69, 9.17) is 11.6 Å². The van der Waals surface area contributed by atoms with Crippen molar-refractivity contribution in [2.24, 2.45) is 5.92 Å². The molecule has 3 rings (SSSR count). The van der Waals surface area contributed by atoms with Gasteiger partial charge in [-0.05, 0) is 38.5 Å². The zero-order valence-electron chi connectivity index (χ0n) is 10.4. The fourth-order valence-corrected chi connectivity index (χ4v) is 2.48. The summed E-state index contributed by atoms with van der Waals surface area (Å²) >= 11 is 6.05. The van der Waals surface area contributed by atoms with Gasteiger partial charge in [-0.15, -0.1) is 0 Å². The number of carbonyl (C=O) groups is 1. The molecule has 2 aliphatic carbocycles. The SMILES string of the molecule is Cc1nc(Cl)c(C=O)c(N(CC2CC2)C2CC2)n1. The molecule has 1 heterocycles. The van der Waals surface area contributed by atoms with Gasteiger partial charge in [0.2, 0.25) is 0 Å². The number of aryl methyl sites for hydroxylation is 1. The van der Waals surface area contributed by atoms with Crippen molar-refractivity contribution in [3.63, 3.8) is 0 Å². The fourth-order valence-electron chi connectivity index (χ4n) is 2.23. The maximum atomic E-state index is 11.2. The number of hydrogen-bond donors (Lipinski definition) is 0. The van der Waals surface area contributed by atoms with Crippen LogP contribution in [0.4, 0.5) is 5.82 Å². The zero-order chi connectivity index (χ0) is 12.7. The van der Waals surface area contributed by atoms with E-state index < -0.39 is 0 Å². The molecule has 0 atom stereocenters. The van der Waals surface area contributed by atoms with E-state index in [-0.39, 0.29) is 5.15 Å². The second-order valence-corrected chi connectivity index (χ2v) is 5.60. The van der Waals surface area contributed by atoms with Crippen LogP contribution in [0.25, 0.3) is 0 Å². The van der Waals surface area contributed by atoms with Crippen LogP contribution in [0.2, 0.25) is 5.15 Å². The third-order valence-electron chi connectivity index (χ3n) is 3.52. The monoisotopic (exact) mass is 265 g/mol. The van der Waals surface area contributed by atoms with E-state index in [1.54, 1.807) is 0 Å². The predicted molar refractivity (Wildman–Crippen MR) is 70.3 cm³/mol. The van der Waals surface area contributed by atoms with Gasteiger partial charge in [-0.2, -0.15) is 0 Å². The highest BCUT2D eigenvalue weighted by Gasteiger charge is 2.36. The van der Waals surface area contributed by atoms with Gasteiger partial charge in [-0.1, -0.05) is 11.6 Å². The van der Waals surface area contributed by atoms with Gasteiger partial charge in [0.05, 0.1) is 5.56 Å². The van der Waals surface area contributed by atoms with Gasteiger partial charge in [0.1, 0.15) is 16.8 Å². The average molecular weight is 266 g/mol. The summed E-state index contributed by atoms with van der Waals surface area (Å²) in [6.07, 6.45) is 5.73. The van der Waals surface area contributed by atoms with Crippen molar-refractivity contribution in [2.75, 3.05) is 11.4 Å². The summed E-state index contributed by atoms with van der Waals surface area (Å²) in [5.41, 5.74) is 0.440. The second kappa shape index (κ2) is 4.50. The molecule has 0 radical (unpaired) electrons. The summed E-state index contributed by atoms with van der Waals surface area (Å²) in [6, 6.07) is 0.537. The summed E-state index contributed by atoms with van der Waals surface area (Å²) < 4.78 is 0. The van der Waals surface area contributed by atoms with Crippen LogP contribution in [-0.2, 0) is 0 Å². The van der Waals surface area contributed by atoms with Crippen LogP contribution < -0.4 is 4.90 Å². The first kappa shape index (κ1) is 11.9. The lowest BCUT2D eigenvalue weighted by molar-refractivity contribution is 0.112. The highest BCUT2D eigenvalue weighted by atomic mass is 35.5. The first-order valence-electron chi connectivity index (χ1n) is 6.45. The summed E-state index contributed by atoms with van der Waals surface area (Å²) in [6.45, 7) is 2.81. The van der Waals surface area contributed by atoms with Gasteiger partial charge in [-0.25, -0.2) is 9.97 Å². The van der Waals surface area contributed by atoms with Gasteiger partial charge in [0, 0.05) is 12.6 Å². The molecule has 0 aromatic carbocycles. The molecule has 0 unspecified atom stereocenters. The molecule has 2 saturated carbocycles. The Morgan fingerprint density at radius 3 is 2.61 bits per heavy atom. The van der Waals surface area contributed by atoms with Crippen LogP contribution in [0, 0.1) is 12.8 Å². The van der Waals surface area contributed by atoms with Crippen molar-refractivity contribution in [1.29, 1.82) is 0 Å². The Kier molecular flexibility index (Phi) is 2.98. The number of rotatable bonds is 5. The third-order valence-corrected chi connectivity index (χ3v) is 3.81. The number of halogens is 1. The van der Waals surface area contributed by atoms with Gasteiger partial charge in [-0.3, -0.25) is 4.79 Å². The van der Waals surface area contributed by atoms with Crippen molar-refractivity contribution in [3.05, 3.63) is 16.5 Å². The average Bonchev–Trinajstić information content (AvgIpc) is 3.17. The van der Waals surface area contributed by atoms with E-state index in [0.29, 0.717) is 17.4 Å². The van der Waals surface area contributed by atoms with E-state index in [1.165, 1.54) is 25.7 Å². The molecule has 1 aromatic heterocycles. The van der Waals surface area contributed by atoms with E-state index in [9.17, 15) is 4.79 Å². The van der Waals surface area contributed by atoms with E-state index >= 15 is 0 Å². The van der Waals surface area contributed by atoms with Gasteiger partial charge >= 0.3 is 0 Å². The summed E-state index contributed by atoms with van der Waals surface area (Å²) in [4.78, 5) is 22.0. The highest BCUT2D eigenvalue weighted by molar-refractivity contribution is 6.32. The van der Waals surface area contributed by atoms with Gasteiger partial charge in [0.15, 0.2) is 6.29 Å². The third kappa shape index (κ3) is 2.34. The largest absolute Gasteiger partial charge is 0.353 e. The van der Waals surface area contributed by atoms with Crippen LogP contribution >= 0.6 is 11.6 Å². The fraction of sp³-hybridized carbons (Fsp3) is 0.615. The van der Waals surface area contributed by atoms with Crippen LogP contribution in [0.15, 0.2) is 0 Å². The number of hydrogen-bond acceptors (Lipinski definition) is 4. The number of nitrogens with zero attached hydrogens (tertiary/aromatic N) is 3. The van der Waals surface area contributed by atoms with Crippen molar-refractivity contribution in [3.8, 4) is 0 Å². The molecule has 4 nitrogen and oxygen atoms in total. The molecular formula is C13H16ClN3O. The number of carbonyl (C=O) groups excluding carboxylic acids is 1. The minimum Gasteiger partial charge on any atom is -0.353 e. The minimum absolute atomic E-state index is 0.272. The molecule has 0 spiro atoms. The summed E-state index contributed by atoms with van der Waals surface area (Å²) in [7, 11) is 0. The van der Waals surface area contributed by atoms with Crippen LogP contribution in [0.1, 0.15) is 41.9 Å². The van der Waals surface area contributed by atoms with Crippen LogP contribution in [0.3, 0.4) is 0 Å². The quantitative estimate of drug-likeness (QED) is 0.607. The molecule has 2 fully saturated rings. The molecule has 18 heavy (non-hydrogen) atoms. The number of anilines is 1. The van der Waals surface area contributed by atoms with Crippen LogP contribution in [-0.4, -0.2) is 28.8 Å². The first-order valence-corrected chi connectivity index (χ1v) is 6.83. The van der Waals surface area contributed by atoms with Gasteiger partial charge < -0.3 is 4.90 Å². The topological polar surface area (TPSA) is 46.1 Å². The Morgan fingerprint density at radius 2 is 2.06 bits per heavy atom. The molecule has 0 aliphatic heterocycles. The van der Waals surface area contributed by atoms with E-state index in [1.807, 2.05) is 6.92 Å². The molecule has 0 N–H and O–H groups in total. The molecule has 2 aliphatic rings. The van der Waals surface area contributed by atoms with E-state index in [0.717, 1.165) is 24.6 Å². The maximum Gasteiger partial charge on any atom is 0.156 e. The van der Waals surface area contributed by atoms with Crippen molar-refractivity contribution >= 4 is 23.7 Å². The Morgan fingerprint density at radius 1 is 1.33 bits per heavy atom. The smallest absolute Gasteiger partial charge is 0.156 e. The number of aldehydes is 1. The number of aromatic nitrogens is 2. The Balaban J connectivity index is 1.98. The van der Waals surface area contributed by atoms with E-state index in [2.05, 4.69) is 14.9 Å². The first-order chi connectivity index (χ1) is 8.69. The predicted octanol–water partition coefficient (Wildman–Crippen LogP) is 2.63. The molecule has 1 aromatic rings. The lowest BCUT2D eigenvalue weighted by atomic mass is 10.2. The Bertz CT molecular complexity index is 483. The summed E-state index contributed by atoms with van der Waals surface area (Å²) in [5.74, 6) is 2.12. The van der Waals surface area contributed by atoms with Crippen molar-refractivity contribution in [2.45, 2.75) is 38.6 Å². The molecule has 0 bridgehead atoms. The summed E-state index contributed by atoms with van der Waals surface area (Å²) in [5, 5.41) is 0.272. The molecular weight excluding hydrogens is 250 g/mol. The van der Waals surface area contributed by atoms with Crippen molar-refractivity contribution < 1.29 is 4.79 Å². The van der Waals surface area contributed by atoms with Crippen LogP contribution in [0.5, 0.6) is 0 Å². The zero-order valence-corrected chi connectivity index (χ0v) is 11.2. The van der Waals surface area contributed by atoms with Crippen molar-refractivity contribution in [1.82, 2.24) is 9.97 Å². The molecule has 0 saturated heterocycles. The Hall–Kier alpha value is -1.16. The normalized spacial score (nSPS) is 18.8. The standard InChI is InChI=1S/C13H16ClN3O/c1-8-15-12(14)11(7-18)13(16-8)17(10-4-5-10)6-9-2-3-9/h7,9-10H,2-6H2,1H3. The molecule has 5 heteroatoms. The lowest BCUT2D eigenvalue weighted by Gasteiger charge is -2.25. The minimum atomic E-state index is 0.272. The second-order valence-electron chi connectivity index (χ2n) is 5.24. The Labute approximate surface area is 111 Å².